The van der Waals surface area contributed by atoms with E-state index in [1.54, 1.807) is 18.2 Å². The van der Waals surface area contributed by atoms with Crippen LogP contribution in [0.25, 0.3) is 6.08 Å². The zero-order chi connectivity index (χ0) is 20.0. The van der Waals surface area contributed by atoms with Crippen molar-refractivity contribution in [2.45, 2.75) is 27.2 Å². The fraction of sp³-hybridized carbons (Fsp3) is 0.238. The summed E-state index contributed by atoms with van der Waals surface area (Å²) in [6.45, 7) is 6.34. The molecule has 4 nitrogen and oxygen atoms in total. The van der Waals surface area contributed by atoms with Crippen molar-refractivity contribution in [2.24, 2.45) is 0 Å². The fourth-order valence-electron chi connectivity index (χ4n) is 2.40. The first-order chi connectivity index (χ1) is 12.9. The number of rotatable bonds is 6. The largest absolute Gasteiger partial charge is 0.490 e. The van der Waals surface area contributed by atoms with Crippen LogP contribution in [0.5, 0.6) is 5.75 Å². The minimum atomic E-state index is -0.496. The van der Waals surface area contributed by atoms with E-state index in [4.69, 9.17) is 27.9 Å². The van der Waals surface area contributed by atoms with Gasteiger partial charge < -0.3 is 10.1 Å². The van der Waals surface area contributed by atoms with Crippen molar-refractivity contribution in [3.63, 3.8) is 0 Å². The van der Waals surface area contributed by atoms with Gasteiger partial charge in [-0.05, 0) is 61.2 Å². The van der Waals surface area contributed by atoms with Crippen LogP contribution in [0.3, 0.4) is 0 Å². The van der Waals surface area contributed by atoms with Gasteiger partial charge in [-0.2, -0.15) is 5.26 Å². The van der Waals surface area contributed by atoms with Crippen LogP contribution in [0.2, 0.25) is 10.0 Å². The average molecular weight is 403 g/mol. The molecule has 27 heavy (non-hydrogen) atoms. The third-order valence-corrected chi connectivity index (χ3v) is 4.56. The van der Waals surface area contributed by atoms with Crippen LogP contribution < -0.4 is 10.1 Å². The van der Waals surface area contributed by atoms with E-state index in [0.717, 1.165) is 17.5 Å². The smallest absolute Gasteiger partial charge is 0.266 e. The lowest BCUT2D eigenvalue weighted by Gasteiger charge is -2.11. The molecular weight excluding hydrogens is 383 g/mol. The monoisotopic (exact) mass is 402 g/mol. The number of aryl methyl sites for hydroxylation is 1. The Morgan fingerprint density at radius 3 is 2.52 bits per heavy atom. The van der Waals surface area contributed by atoms with Crippen LogP contribution in [0.15, 0.2) is 35.9 Å². The van der Waals surface area contributed by atoms with Crippen LogP contribution in [-0.4, -0.2) is 12.5 Å². The van der Waals surface area contributed by atoms with Gasteiger partial charge >= 0.3 is 0 Å². The predicted octanol–water partition coefficient (Wildman–Crippen LogP) is 5.94. The number of anilines is 1. The molecular formula is C21H20Cl2N2O2. The lowest BCUT2D eigenvalue weighted by atomic mass is 10.1. The summed E-state index contributed by atoms with van der Waals surface area (Å²) in [5, 5.41) is 12.8. The highest BCUT2D eigenvalue weighted by atomic mass is 35.5. The topological polar surface area (TPSA) is 62.1 Å². The second-order valence-corrected chi connectivity index (χ2v) is 6.85. The molecule has 1 amide bonds. The van der Waals surface area contributed by atoms with Gasteiger partial charge in [-0.15, -0.1) is 0 Å². The van der Waals surface area contributed by atoms with Gasteiger partial charge in [0.25, 0.3) is 5.91 Å². The lowest BCUT2D eigenvalue weighted by Crippen LogP contribution is -2.14. The average Bonchev–Trinajstić information content (AvgIpc) is 2.62. The Kier molecular flexibility index (Phi) is 7.29. The van der Waals surface area contributed by atoms with Crippen molar-refractivity contribution in [3.05, 3.63) is 62.6 Å². The summed E-state index contributed by atoms with van der Waals surface area (Å²) in [6, 6.07) is 10.7. The highest BCUT2D eigenvalue weighted by Crippen LogP contribution is 2.35. The Bertz CT molecular complexity index is 907. The molecule has 2 aromatic rings. The predicted molar refractivity (Wildman–Crippen MR) is 110 cm³/mol. The van der Waals surface area contributed by atoms with E-state index in [2.05, 4.69) is 5.32 Å². The number of halogens is 2. The normalized spacial score (nSPS) is 11.0. The fourth-order valence-corrected chi connectivity index (χ4v) is 3.01. The van der Waals surface area contributed by atoms with Crippen molar-refractivity contribution < 1.29 is 9.53 Å². The number of carbonyl (C=O) groups is 1. The summed E-state index contributed by atoms with van der Waals surface area (Å²) >= 11 is 12.4. The highest BCUT2D eigenvalue weighted by Gasteiger charge is 2.14. The molecule has 0 saturated carbocycles. The third kappa shape index (κ3) is 5.26. The first-order valence-electron chi connectivity index (χ1n) is 8.48. The Labute approximate surface area is 169 Å². The standard InChI is InChI=1S/C21H20Cl2N2O2/c1-4-8-27-20-17(22)10-15(11-18(20)23)9-16(12-24)21(26)25-19-7-5-6-13(2)14(19)3/h5-7,9-11H,4,8H2,1-3H3,(H,25,26)/b16-9+. The zero-order valence-corrected chi connectivity index (χ0v) is 16.9. The van der Waals surface area contributed by atoms with Gasteiger partial charge in [0.1, 0.15) is 11.6 Å². The lowest BCUT2D eigenvalue weighted by molar-refractivity contribution is -0.112. The number of ether oxygens (including phenoxy) is 1. The van der Waals surface area contributed by atoms with Crippen LogP contribution in [0.1, 0.15) is 30.0 Å². The molecule has 0 aromatic heterocycles. The molecule has 140 valence electrons. The molecule has 0 fully saturated rings. The summed E-state index contributed by atoms with van der Waals surface area (Å²) in [7, 11) is 0. The summed E-state index contributed by atoms with van der Waals surface area (Å²) < 4.78 is 5.52. The molecule has 0 spiro atoms. The number of nitrogens with one attached hydrogen (secondary N) is 1. The Balaban J connectivity index is 2.29. The van der Waals surface area contributed by atoms with Gasteiger partial charge in [0, 0.05) is 5.69 Å². The Morgan fingerprint density at radius 1 is 1.26 bits per heavy atom. The van der Waals surface area contributed by atoms with E-state index in [1.165, 1.54) is 6.08 Å². The molecule has 0 aliphatic heterocycles. The van der Waals surface area contributed by atoms with E-state index in [9.17, 15) is 10.1 Å². The number of hydrogen-bond donors (Lipinski definition) is 1. The molecule has 0 unspecified atom stereocenters. The molecule has 0 heterocycles. The van der Waals surface area contributed by atoms with E-state index in [1.807, 2.05) is 39.0 Å². The second kappa shape index (κ2) is 9.45. The van der Waals surface area contributed by atoms with Crippen LogP contribution in [0, 0.1) is 25.2 Å². The minimum absolute atomic E-state index is 0.0507. The molecule has 0 aliphatic carbocycles. The van der Waals surface area contributed by atoms with Crippen molar-refractivity contribution in [2.75, 3.05) is 11.9 Å². The SMILES string of the molecule is CCCOc1c(Cl)cc(/C=C(\C#N)C(=O)Nc2cccc(C)c2C)cc1Cl. The van der Waals surface area contributed by atoms with Crippen LogP contribution in [-0.2, 0) is 4.79 Å². The maximum Gasteiger partial charge on any atom is 0.266 e. The highest BCUT2D eigenvalue weighted by molar-refractivity contribution is 6.37. The van der Waals surface area contributed by atoms with Gasteiger partial charge in [0.15, 0.2) is 5.75 Å². The molecule has 0 atom stereocenters. The Morgan fingerprint density at radius 2 is 1.93 bits per heavy atom. The zero-order valence-electron chi connectivity index (χ0n) is 15.4. The molecule has 0 saturated heterocycles. The van der Waals surface area contributed by atoms with Gasteiger partial charge in [-0.25, -0.2) is 0 Å². The molecule has 0 radical (unpaired) electrons. The maximum atomic E-state index is 12.5. The van der Waals surface area contributed by atoms with Crippen LogP contribution in [0.4, 0.5) is 5.69 Å². The van der Waals surface area contributed by atoms with Gasteiger partial charge in [0.05, 0.1) is 16.7 Å². The van der Waals surface area contributed by atoms with Crippen molar-refractivity contribution in [1.29, 1.82) is 5.26 Å². The summed E-state index contributed by atoms with van der Waals surface area (Å²) in [6.07, 6.45) is 2.27. The number of nitriles is 1. The molecule has 2 rings (SSSR count). The number of amides is 1. The van der Waals surface area contributed by atoms with Crippen molar-refractivity contribution in [3.8, 4) is 11.8 Å². The molecule has 2 aromatic carbocycles. The van der Waals surface area contributed by atoms with Gasteiger partial charge in [-0.3, -0.25) is 4.79 Å². The molecule has 1 N–H and O–H groups in total. The van der Waals surface area contributed by atoms with Gasteiger partial charge in [0.2, 0.25) is 0 Å². The first kappa shape index (κ1) is 20.8. The van der Waals surface area contributed by atoms with Crippen molar-refractivity contribution >= 4 is 40.9 Å². The van der Waals surface area contributed by atoms with Crippen molar-refractivity contribution in [1.82, 2.24) is 0 Å². The van der Waals surface area contributed by atoms with E-state index < -0.39 is 5.91 Å². The van der Waals surface area contributed by atoms with E-state index in [0.29, 0.717) is 33.7 Å². The quantitative estimate of drug-likeness (QED) is 0.479. The molecule has 6 heteroatoms. The summed E-state index contributed by atoms with van der Waals surface area (Å²) in [5.74, 6) is -0.0968. The van der Waals surface area contributed by atoms with Crippen LogP contribution >= 0.6 is 23.2 Å². The summed E-state index contributed by atoms with van der Waals surface area (Å²) in [4.78, 5) is 12.5. The second-order valence-electron chi connectivity index (χ2n) is 6.03. The first-order valence-corrected chi connectivity index (χ1v) is 9.24. The molecule has 0 bridgehead atoms. The third-order valence-electron chi connectivity index (χ3n) is 4.00. The van der Waals surface area contributed by atoms with Gasteiger partial charge in [-0.1, -0.05) is 42.3 Å². The number of carbonyl (C=O) groups excluding carboxylic acids is 1. The maximum absolute atomic E-state index is 12.5. The number of benzene rings is 2. The summed E-state index contributed by atoms with van der Waals surface area (Å²) in [5.41, 5.74) is 3.16. The Hall–Kier alpha value is -2.48. The number of hydrogen-bond acceptors (Lipinski definition) is 3. The minimum Gasteiger partial charge on any atom is -0.490 e. The van der Waals surface area contributed by atoms with E-state index in [-0.39, 0.29) is 5.57 Å². The molecule has 0 aliphatic rings. The number of nitrogens with zero attached hydrogens (tertiary/aromatic N) is 1. The van der Waals surface area contributed by atoms with E-state index >= 15 is 0 Å².